The Labute approximate surface area is 141 Å². The molecule has 1 aliphatic rings. The third-order valence-electron chi connectivity index (χ3n) is 2.39. The minimum Gasteiger partial charge on any atom is -0.479 e. The standard InChI is InChI=1S/C9H18NO2.C4H8O.Y.3H2/c1-4-6-7-10-9(11)12-8(3)5-2;1-2-4-3-5-4;;;;/h8H,3-7H2,1-2H3,(H,10,11);4H,2-3H2,1H3;;3*1H/q-1;;;;;. The fourth-order valence-electron chi connectivity index (χ4n) is 0.947. The van der Waals surface area contributed by atoms with E-state index in [2.05, 4.69) is 26.1 Å². The van der Waals surface area contributed by atoms with Crippen LogP contribution in [0.4, 0.5) is 4.79 Å². The van der Waals surface area contributed by atoms with E-state index in [0.717, 1.165) is 25.9 Å². The molecule has 1 amide bonds. The number of amides is 1. The Morgan fingerprint density at radius 3 is 2.50 bits per heavy atom. The second kappa shape index (κ2) is 13.8. The van der Waals surface area contributed by atoms with Crippen LogP contribution in [0.5, 0.6) is 0 Å². The van der Waals surface area contributed by atoms with E-state index in [-0.39, 0.29) is 49.2 Å². The monoisotopic (exact) mass is 339 g/mol. The van der Waals surface area contributed by atoms with Crippen molar-refractivity contribution in [2.24, 2.45) is 0 Å². The van der Waals surface area contributed by atoms with Crippen LogP contribution in [0.2, 0.25) is 0 Å². The van der Waals surface area contributed by atoms with Crippen LogP contribution in [-0.2, 0) is 42.2 Å². The number of carbonyl (C=O) groups is 1. The van der Waals surface area contributed by atoms with Gasteiger partial charge in [0.05, 0.1) is 12.7 Å². The molecule has 4 nitrogen and oxygen atoms in total. The second-order valence-corrected chi connectivity index (χ2v) is 4.08. The SMILES string of the molecule is CCC1CO1.[CH2-]C(CC)OC(=O)NCCCC.[HH].[HH].[HH].[Y]. The maximum atomic E-state index is 10.9. The fraction of sp³-hybridized carbons (Fsp3) is 0.846. The first-order valence-corrected chi connectivity index (χ1v) is 6.53. The van der Waals surface area contributed by atoms with Gasteiger partial charge in [0.15, 0.2) is 0 Å². The predicted molar refractivity (Wildman–Crippen MR) is 75.2 cm³/mol. The number of nitrogens with one attached hydrogen (secondary N) is 1. The third-order valence-corrected chi connectivity index (χ3v) is 2.39. The average molecular weight is 339 g/mol. The van der Waals surface area contributed by atoms with E-state index in [1.54, 1.807) is 0 Å². The van der Waals surface area contributed by atoms with E-state index in [4.69, 9.17) is 9.47 Å². The van der Waals surface area contributed by atoms with Gasteiger partial charge in [0.25, 0.3) is 0 Å². The third kappa shape index (κ3) is 14.4. The molecule has 1 heterocycles. The number of alkyl carbamates (subject to hydrolysis) is 1. The quantitative estimate of drug-likeness (QED) is 0.456. The Hall–Kier alpha value is 0.334. The molecule has 0 bridgehead atoms. The average Bonchev–Trinajstić information content (AvgIpc) is 3.13. The van der Waals surface area contributed by atoms with Crippen LogP contribution in [0.3, 0.4) is 0 Å². The Bertz CT molecular complexity index is 211. The van der Waals surface area contributed by atoms with E-state index in [9.17, 15) is 4.79 Å². The minimum atomic E-state index is -0.356. The minimum absolute atomic E-state index is 0. The summed E-state index contributed by atoms with van der Waals surface area (Å²) in [7, 11) is 0. The van der Waals surface area contributed by atoms with Crippen LogP contribution >= 0.6 is 0 Å². The van der Waals surface area contributed by atoms with Crippen LogP contribution in [0.15, 0.2) is 0 Å². The van der Waals surface area contributed by atoms with Gasteiger partial charge in [-0.05, 0) is 25.4 Å². The zero-order chi connectivity index (χ0) is 13.1. The molecule has 2 atom stereocenters. The van der Waals surface area contributed by atoms with Gasteiger partial charge in [-0.3, -0.25) is 0 Å². The van der Waals surface area contributed by atoms with E-state index in [1.165, 1.54) is 6.42 Å². The van der Waals surface area contributed by atoms with Gasteiger partial charge in [-0.25, -0.2) is 4.79 Å². The van der Waals surface area contributed by atoms with Gasteiger partial charge in [-0.1, -0.05) is 27.2 Å². The first-order valence-electron chi connectivity index (χ1n) is 6.53. The molecule has 1 N–H and O–H groups in total. The van der Waals surface area contributed by atoms with Crippen LogP contribution < -0.4 is 5.32 Å². The summed E-state index contributed by atoms with van der Waals surface area (Å²) in [6.45, 7) is 11.5. The summed E-state index contributed by atoms with van der Waals surface area (Å²) in [5.74, 6) is 0. The Morgan fingerprint density at radius 1 is 1.56 bits per heavy atom. The van der Waals surface area contributed by atoms with Gasteiger partial charge in [0.1, 0.15) is 0 Å². The van der Waals surface area contributed by atoms with E-state index in [0.29, 0.717) is 12.6 Å². The summed E-state index contributed by atoms with van der Waals surface area (Å²) < 4.78 is 9.74. The van der Waals surface area contributed by atoms with Gasteiger partial charge >= 0.3 is 6.09 Å². The van der Waals surface area contributed by atoms with Crippen molar-refractivity contribution in [3.63, 3.8) is 0 Å². The van der Waals surface area contributed by atoms with Gasteiger partial charge < -0.3 is 21.7 Å². The molecule has 18 heavy (non-hydrogen) atoms. The van der Waals surface area contributed by atoms with Crippen LogP contribution in [0.1, 0.15) is 50.7 Å². The molecular weight excluding hydrogens is 307 g/mol. The molecule has 0 aromatic carbocycles. The molecule has 1 rings (SSSR count). The van der Waals surface area contributed by atoms with Crippen LogP contribution in [0, 0.1) is 6.92 Å². The zero-order valence-corrected chi connectivity index (χ0v) is 14.7. The topological polar surface area (TPSA) is 50.9 Å². The van der Waals surface area contributed by atoms with Gasteiger partial charge in [-0.2, -0.15) is 0 Å². The summed E-state index contributed by atoms with van der Waals surface area (Å²) in [5.41, 5.74) is 0. The summed E-state index contributed by atoms with van der Waals surface area (Å²) in [4.78, 5) is 10.9. The number of hydrogen-bond donors (Lipinski definition) is 1. The zero-order valence-electron chi connectivity index (χ0n) is 11.9. The Balaban J connectivity index is -0.0000000819. The number of hydrogen-bond acceptors (Lipinski definition) is 3. The van der Waals surface area contributed by atoms with Crippen molar-refractivity contribution in [3.8, 4) is 0 Å². The first-order chi connectivity index (χ1) is 8.13. The molecule has 1 aliphatic heterocycles. The molecule has 0 saturated carbocycles. The molecule has 111 valence electrons. The van der Waals surface area contributed by atoms with Crippen molar-refractivity contribution in [2.75, 3.05) is 13.2 Å². The smallest absolute Gasteiger partial charge is 0.404 e. The van der Waals surface area contributed by atoms with Crippen LogP contribution in [-0.4, -0.2) is 31.5 Å². The molecule has 1 fully saturated rings. The van der Waals surface area contributed by atoms with Gasteiger partial charge in [-0.15, -0.1) is 0 Å². The summed E-state index contributed by atoms with van der Waals surface area (Å²) in [6.07, 6.45) is 4.05. The molecule has 2 unspecified atom stereocenters. The molecule has 0 aliphatic carbocycles. The molecule has 0 spiro atoms. The van der Waals surface area contributed by atoms with E-state index in [1.807, 2.05) is 6.92 Å². The first kappa shape index (κ1) is 20.6. The Morgan fingerprint density at radius 2 is 2.17 bits per heavy atom. The van der Waals surface area contributed by atoms with Gasteiger partial charge in [0.2, 0.25) is 0 Å². The predicted octanol–water partition coefficient (Wildman–Crippen LogP) is 3.66. The van der Waals surface area contributed by atoms with Crippen molar-refractivity contribution in [1.82, 2.24) is 5.32 Å². The van der Waals surface area contributed by atoms with Gasteiger partial charge in [0, 0.05) is 43.5 Å². The summed E-state index contributed by atoms with van der Waals surface area (Å²) in [5, 5.41) is 2.65. The summed E-state index contributed by atoms with van der Waals surface area (Å²) >= 11 is 0. The molecule has 0 aromatic rings. The number of rotatable bonds is 6. The molecule has 0 aromatic heterocycles. The largest absolute Gasteiger partial charge is 0.479 e. The molecule has 5 heteroatoms. The number of unbranched alkanes of at least 4 members (excludes halogenated alkanes) is 1. The van der Waals surface area contributed by atoms with E-state index < -0.39 is 0 Å². The van der Waals surface area contributed by atoms with Crippen molar-refractivity contribution >= 4 is 6.09 Å². The second-order valence-electron chi connectivity index (χ2n) is 4.08. The number of ether oxygens (including phenoxy) is 2. The summed E-state index contributed by atoms with van der Waals surface area (Å²) in [6, 6.07) is 0. The van der Waals surface area contributed by atoms with Crippen molar-refractivity contribution in [1.29, 1.82) is 0 Å². The maximum Gasteiger partial charge on any atom is 0.404 e. The normalized spacial score (nSPS) is 17.7. The van der Waals surface area contributed by atoms with Crippen molar-refractivity contribution < 1.29 is 51.3 Å². The van der Waals surface area contributed by atoms with E-state index >= 15 is 0 Å². The number of epoxide rings is 1. The molecular formula is C13H32NO3Y-. The Kier molecular flexibility index (Phi) is 15.8. The maximum absolute atomic E-state index is 10.9. The van der Waals surface area contributed by atoms with Crippen molar-refractivity contribution in [3.05, 3.63) is 6.92 Å². The molecule has 1 radical (unpaired) electrons. The van der Waals surface area contributed by atoms with Crippen LogP contribution in [0.25, 0.3) is 0 Å². The van der Waals surface area contributed by atoms with Crippen molar-refractivity contribution in [2.45, 2.75) is 58.7 Å². The number of carbonyl (C=O) groups excluding carboxylic acids is 1. The molecule has 1 saturated heterocycles. The fourth-order valence-corrected chi connectivity index (χ4v) is 0.947.